The lowest BCUT2D eigenvalue weighted by Gasteiger charge is -2.01. The predicted molar refractivity (Wildman–Crippen MR) is 69.9 cm³/mol. The van der Waals surface area contributed by atoms with Crippen LogP contribution in [0.3, 0.4) is 0 Å². The average Bonchev–Trinajstić information content (AvgIpc) is 2.31. The van der Waals surface area contributed by atoms with Gasteiger partial charge in [-0.1, -0.05) is 35.9 Å². The third-order valence-electron chi connectivity index (χ3n) is 2.13. The van der Waals surface area contributed by atoms with Gasteiger partial charge >= 0.3 is 0 Å². The third kappa shape index (κ3) is 2.97. The lowest BCUT2D eigenvalue weighted by atomic mass is 10.2. The SMILES string of the molecule is Cc1ccc(S(=O)Sc2ccccc2)cc1. The Morgan fingerprint density at radius 3 is 2.19 bits per heavy atom. The van der Waals surface area contributed by atoms with Crippen molar-refractivity contribution in [3.8, 4) is 0 Å². The fourth-order valence-electron chi connectivity index (χ4n) is 1.26. The highest BCUT2D eigenvalue weighted by atomic mass is 33.1. The summed E-state index contributed by atoms with van der Waals surface area (Å²) in [5.74, 6) is 0. The molecule has 0 bridgehead atoms. The van der Waals surface area contributed by atoms with Crippen LogP contribution < -0.4 is 0 Å². The molecule has 1 nitrogen and oxygen atoms in total. The third-order valence-corrected chi connectivity index (χ3v) is 5.01. The highest BCUT2D eigenvalue weighted by Gasteiger charge is 2.05. The van der Waals surface area contributed by atoms with Gasteiger partial charge in [0.15, 0.2) is 0 Å². The average molecular weight is 248 g/mol. The van der Waals surface area contributed by atoms with Crippen LogP contribution >= 0.6 is 10.8 Å². The van der Waals surface area contributed by atoms with Gasteiger partial charge in [-0.05, 0) is 42.0 Å². The van der Waals surface area contributed by atoms with Crippen molar-refractivity contribution in [3.63, 3.8) is 0 Å². The molecular formula is C13H12OS2. The van der Waals surface area contributed by atoms with E-state index in [0.717, 1.165) is 9.79 Å². The molecule has 1 unspecified atom stereocenters. The topological polar surface area (TPSA) is 17.1 Å². The Hall–Kier alpha value is -1.06. The van der Waals surface area contributed by atoms with E-state index < -0.39 is 9.83 Å². The van der Waals surface area contributed by atoms with Crippen molar-refractivity contribution < 1.29 is 4.21 Å². The summed E-state index contributed by atoms with van der Waals surface area (Å²) in [5.41, 5.74) is 1.19. The maximum Gasteiger partial charge on any atom is 0.117 e. The maximum atomic E-state index is 12.0. The molecule has 0 N–H and O–H groups in total. The number of rotatable bonds is 3. The first-order chi connectivity index (χ1) is 7.75. The van der Waals surface area contributed by atoms with Crippen molar-refractivity contribution in [1.29, 1.82) is 0 Å². The van der Waals surface area contributed by atoms with Gasteiger partial charge in [0.25, 0.3) is 0 Å². The first-order valence-electron chi connectivity index (χ1n) is 4.97. The van der Waals surface area contributed by atoms with Gasteiger partial charge in [-0.2, -0.15) is 0 Å². The van der Waals surface area contributed by atoms with E-state index in [1.54, 1.807) is 0 Å². The summed E-state index contributed by atoms with van der Waals surface area (Å²) >= 11 is 0. The number of benzene rings is 2. The van der Waals surface area contributed by atoms with Crippen molar-refractivity contribution in [2.75, 3.05) is 0 Å². The fraction of sp³-hybridized carbons (Fsp3) is 0.0769. The Morgan fingerprint density at radius 1 is 0.938 bits per heavy atom. The van der Waals surface area contributed by atoms with E-state index in [1.165, 1.54) is 16.4 Å². The number of hydrogen-bond donors (Lipinski definition) is 0. The first kappa shape index (κ1) is 11.4. The van der Waals surface area contributed by atoms with E-state index in [9.17, 15) is 4.21 Å². The van der Waals surface area contributed by atoms with E-state index in [1.807, 2.05) is 61.5 Å². The summed E-state index contributed by atoms with van der Waals surface area (Å²) in [7, 11) is 0.349. The maximum absolute atomic E-state index is 12.0. The normalized spacial score (nSPS) is 12.3. The summed E-state index contributed by atoms with van der Waals surface area (Å²) in [4.78, 5) is 1.89. The van der Waals surface area contributed by atoms with E-state index in [4.69, 9.17) is 0 Å². The van der Waals surface area contributed by atoms with E-state index >= 15 is 0 Å². The van der Waals surface area contributed by atoms with Crippen molar-refractivity contribution in [1.82, 2.24) is 0 Å². The van der Waals surface area contributed by atoms with Crippen LogP contribution in [0.5, 0.6) is 0 Å². The van der Waals surface area contributed by atoms with E-state index in [2.05, 4.69) is 0 Å². The summed E-state index contributed by atoms with van der Waals surface area (Å²) < 4.78 is 12.0. The molecule has 1 atom stereocenters. The molecular weight excluding hydrogens is 236 g/mol. The molecule has 2 aromatic carbocycles. The van der Waals surface area contributed by atoms with Crippen LogP contribution in [0, 0.1) is 6.92 Å². The van der Waals surface area contributed by atoms with E-state index in [0.29, 0.717) is 0 Å². The molecule has 0 saturated carbocycles. The molecule has 0 radical (unpaired) electrons. The zero-order valence-corrected chi connectivity index (χ0v) is 10.6. The Bertz CT molecular complexity index is 477. The molecule has 0 aromatic heterocycles. The van der Waals surface area contributed by atoms with Gasteiger partial charge in [-0.3, -0.25) is 0 Å². The van der Waals surface area contributed by atoms with Crippen molar-refractivity contribution >= 4 is 20.6 Å². The molecule has 0 heterocycles. The lowest BCUT2D eigenvalue weighted by Crippen LogP contribution is -1.85. The van der Waals surface area contributed by atoms with Crippen LogP contribution in [-0.4, -0.2) is 4.21 Å². The largest absolute Gasteiger partial charge is 0.242 e. The van der Waals surface area contributed by atoms with Crippen LogP contribution in [0.15, 0.2) is 64.4 Å². The van der Waals surface area contributed by atoms with Crippen LogP contribution in [0.1, 0.15) is 5.56 Å². The molecule has 3 heteroatoms. The number of hydrogen-bond acceptors (Lipinski definition) is 2. The molecule has 0 aliphatic carbocycles. The molecule has 0 saturated heterocycles. The predicted octanol–water partition coefficient (Wildman–Crippen LogP) is 3.81. The molecule has 0 amide bonds. The monoisotopic (exact) mass is 248 g/mol. The molecule has 0 spiro atoms. The molecule has 0 aliphatic rings. The van der Waals surface area contributed by atoms with Gasteiger partial charge < -0.3 is 0 Å². The van der Waals surface area contributed by atoms with Gasteiger partial charge in [-0.15, -0.1) is 0 Å². The number of aryl methyl sites for hydroxylation is 1. The Balaban J connectivity index is 2.12. The first-order valence-corrected chi connectivity index (χ1v) is 7.46. The zero-order chi connectivity index (χ0) is 11.4. The minimum atomic E-state index is -1.03. The standard InChI is InChI=1S/C13H12OS2/c1-11-7-9-13(10-8-11)16(14)15-12-5-3-2-4-6-12/h2-10H,1H3. The molecule has 0 aliphatic heterocycles. The molecule has 0 fully saturated rings. The highest BCUT2D eigenvalue weighted by molar-refractivity contribution is 8.69. The Kier molecular flexibility index (Phi) is 3.80. The van der Waals surface area contributed by atoms with Gasteiger partial charge in [0.1, 0.15) is 9.83 Å². The van der Waals surface area contributed by atoms with Crippen LogP contribution in [0.25, 0.3) is 0 Å². The van der Waals surface area contributed by atoms with Gasteiger partial charge in [-0.25, -0.2) is 4.21 Å². The lowest BCUT2D eigenvalue weighted by molar-refractivity contribution is 0.691. The second-order valence-electron chi connectivity index (χ2n) is 3.44. The molecule has 2 rings (SSSR count). The highest BCUT2D eigenvalue weighted by Crippen LogP contribution is 2.26. The van der Waals surface area contributed by atoms with Crippen LogP contribution in [-0.2, 0) is 9.83 Å². The summed E-state index contributed by atoms with van der Waals surface area (Å²) in [6.07, 6.45) is 0. The smallest absolute Gasteiger partial charge is 0.117 e. The second kappa shape index (κ2) is 5.32. The van der Waals surface area contributed by atoms with Crippen LogP contribution in [0.2, 0.25) is 0 Å². The summed E-state index contributed by atoms with van der Waals surface area (Å²) in [5, 5.41) is 0. The molecule has 82 valence electrons. The Labute approximate surface area is 102 Å². The van der Waals surface area contributed by atoms with E-state index in [-0.39, 0.29) is 0 Å². The summed E-state index contributed by atoms with van der Waals surface area (Å²) in [6.45, 7) is 2.02. The van der Waals surface area contributed by atoms with Gasteiger partial charge in [0.2, 0.25) is 0 Å². The van der Waals surface area contributed by atoms with Crippen molar-refractivity contribution in [3.05, 3.63) is 60.2 Å². The molecule has 2 aromatic rings. The zero-order valence-electron chi connectivity index (χ0n) is 8.92. The quantitative estimate of drug-likeness (QED) is 0.768. The van der Waals surface area contributed by atoms with Gasteiger partial charge in [0.05, 0.1) is 4.90 Å². The van der Waals surface area contributed by atoms with Crippen LogP contribution in [0.4, 0.5) is 0 Å². The second-order valence-corrected chi connectivity index (χ2v) is 6.43. The van der Waals surface area contributed by atoms with Crippen molar-refractivity contribution in [2.24, 2.45) is 0 Å². The fourth-order valence-corrected chi connectivity index (χ4v) is 3.64. The Morgan fingerprint density at radius 2 is 1.56 bits per heavy atom. The minimum absolute atomic E-state index is 0.861. The minimum Gasteiger partial charge on any atom is -0.242 e. The van der Waals surface area contributed by atoms with Gasteiger partial charge in [0, 0.05) is 4.90 Å². The molecule has 16 heavy (non-hydrogen) atoms. The summed E-state index contributed by atoms with van der Waals surface area (Å²) in [6, 6.07) is 17.6. The van der Waals surface area contributed by atoms with Crippen molar-refractivity contribution in [2.45, 2.75) is 16.7 Å².